The number of fused-ring (bicyclic) bond motifs is 7. The largest absolute Gasteiger partial charge is 0.470 e. The molecule has 0 aromatic heterocycles. The van der Waals surface area contributed by atoms with Crippen molar-refractivity contribution < 1.29 is 4.74 Å². The Balaban J connectivity index is 1.27. The quantitative estimate of drug-likeness (QED) is 0.168. The van der Waals surface area contributed by atoms with Crippen LogP contribution in [-0.4, -0.2) is 6.71 Å². The second kappa shape index (κ2) is 14.4. The van der Waals surface area contributed by atoms with E-state index in [1.54, 1.807) is 0 Å². The molecule has 1 unspecified atom stereocenters. The molecule has 344 valence electrons. The highest BCUT2D eigenvalue weighted by atomic mass is 16.5. The van der Waals surface area contributed by atoms with Gasteiger partial charge in [-0.15, -0.1) is 0 Å². The summed E-state index contributed by atoms with van der Waals surface area (Å²) in [5.74, 6) is 0.842. The number of anilines is 5. The zero-order valence-electron chi connectivity index (χ0n) is 43.1. The first kappa shape index (κ1) is 44.3. The van der Waals surface area contributed by atoms with Gasteiger partial charge < -0.3 is 14.5 Å². The highest BCUT2D eigenvalue weighted by Gasteiger charge is 2.55. The third-order valence-corrected chi connectivity index (χ3v) is 18.0. The van der Waals surface area contributed by atoms with Crippen molar-refractivity contribution >= 4 is 46.1 Å². The molecule has 1 fully saturated rings. The third-order valence-electron chi connectivity index (χ3n) is 18.0. The minimum absolute atomic E-state index is 0.0263. The lowest BCUT2D eigenvalue weighted by molar-refractivity contribution is 0.143. The normalized spacial score (nSPS) is 23.1. The Morgan fingerprint density at radius 2 is 1.10 bits per heavy atom. The Hall–Kier alpha value is -5.22. The average molecular weight is 885 g/mol. The average Bonchev–Trinajstić information content (AvgIpc) is 3.43. The molecule has 1 atom stereocenters. The first-order valence-corrected chi connectivity index (χ1v) is 25.5. The standard InChI is InChI=1S/C63H73BN2O/c1-38-21-24-49-51(31-38)66(50-37-47-46(60(8,9)27-28-61(47,10)11)36-43(50)41-19-17-16-18-20-41)53-33-39(2)32-52-55(53)64(49)57-56(54-48(34-40(3)67-57)62(12,13)29-30-63(54,14)15)65(52)42-22-23-44-45(35-42)59(6,7)26-25-58(44,4)5/h16-24,31-37,54H,3,25-30H2,1-2,4-15H3. The molecule has 5 aromatic carbocycles. The predicted octanol–water partition coefficient (Wildman–Crippen LogP) is 15.9. The van der Waals surface area contributed by atoms with Gasteiger partial charge in [0, 0.05) is 34.2 Å². The van der Waals surface area contributed by atoms with Crippen LogP contribution in [0.5, 0.6) is 0 Å². The fraction of sp³-hybridized carbons (Fsp3) is 0.429. The van der Waals surface area contributed by atoms with Crippen molar-refractivity contribution in [3.05, 3.63) is 160 Å². The molecule has 0 bridgehead atoms. The molecule has 3 aliphatic heterocycles. The van der Waals surface area contributed by atoms with Crippen LogP contribution in [0, 0.1) is 30.6 Å². The summed E-state index contributed by atoms with van der Waals surface area (Å²) in [5.41, 5.74) is 23.6. The van der Waals surface area contributed by atoms with Crippen LogP contribution in [0.15, 0.2) is 126 Å². The molecule has 67 heavy (non-hydrogen) atoms. The monoisotopic (exact) mass is 885 g/mol. The van der Waals surface area contributed by atoms with Gasteiger partial charge in [-0.3, -0.25) is 0 Å². The predicted molar refractivity (Wildman–Crippen MR) is 286 cm³/mol. The van der Waals surface area contributed by atoms with E-state index in [1.165, 1.54) is 108 Å². The van der Waals surface area contributed by atoms with Crippen molar-refractivity contribution in [3.8, 4) is 11.1 Å². The number of aryl methyl sites for hydroxylation is 2. The molecule has 0 amide bonds. The lowest BCUT2D eigenvalue weighted by Crippen LogP contribution is -2.58. The molecule has 3 heterocycles. The first-order chi connectivity index (χ1) is 31.4. The van der Waals surface area contributed by atoms with E-state index in [1.807, 2.05) is 0 Å². The number of allylic oxidation sites excluding steroid dienone is 2. The molecule has 0 radical (unpaired) electrons. The second-order valence-corrected chi connectivity index (χ2v) is 25.7. The Morgan fingerprint density at radius 3 is 1.76 bits per heavy atom. The van der Waals surface area contributed by atoms with E-state index in [9.17, 15) is 0 Å². The van der Waals surface area contributed by atoms with Gasteiger partial charge in [-0.25, -0.2) is 0 Å². The number of benzene rings is 5. The van der Waals surface area contributed by atoms with Gasteiger partial charge >= 0.3 is 0 Å². The summed E-state index contributed by atoms with van der Waals surface area (Å²) in [6.07, 6.45) is 9.26. The molecular weight excluding hydrogens is 812 g/mol. The second-order valence-electron chi connectivity index (χ2n) is 25.7. The van der Waals surface area contributed by atoms with Crippen LogP contribution in [0.3, 0.4) is 0 Å². The van der Waals surface area contributed by atoms with Gasteiger partial charge in [-0.05, 0) is 183 Å². The zero-order chi connectivity index (χ0) is 47.5. The summed E-state index contributed by atoms with van der Waals surface area (Å²) in [7, 11) is 0. The molecule has 0 N–H and O–H groups in total. The van der Waals surface area contributed by atoms with Gasteiger partial charge in [0.05, 0.1) is 17.0 Å². The molecule has 0 spiro atoms. The van der Waals surface area contributed by atoms with Gasteiger partial charge in [0.15, 0.2) is 0 Å². The van der Waals surface area contributed by atoms with Crippen LogP contribution in [-0.2, 0) is 26.4 Å². The molecule has 11 rings (SSSR count). The number of hydrogen-bond donors (Lipinski definition) is 0. The van der Waals surface area contributed by atoms with Crippen LogP contribution in [0.4, 0.5) is 28.4 Å². The van der Waals surface area contributed by atoms with E-state index in [2.05, 4.69) is 204 Å². The van der Waals surface area contributed by atoms with Crippen molar-refractivity contribution in [2.45, 2.75) is 157 Å². The summed E-state index contributed by atoms with van der Waals surface area (Å²) in [4.78, 5) is 5.36. The fourth-order valence-corrected chi connectivity index (χ4v) is 13.6. The third kappa shape index (κ3) is 6.65. The summed E-state index contributed by atoms with van der Waals surface area (Å²) >= 11 is 0. The zero-order valence-corrected chi connectivity index (χ0v) is 43.1. The van der Waals surface area contributed by atoms with Crippen LogP contribution in [0.1, 0.15) is 155 Å². The summed E-state index contributed by atoms with van der Waals surface area (Å²) in [5, 5.41) is 0. The molecular formula is C63H73BN2O. The van der Waals surface area contributed by atoms with E-state index in [0.29, 0.717) is 0 Å². The lowest BCUT2D eigenvalue weighted by atomic mass is 9.35. The van der Waals surface area contributed by atoms with Gasteiger partial charge in [-0.2, -0.15) is 0 Å². The van der Waals surface area contributed by atoms with Gasteiger partial charge in [-0.1, -0.05) is 144 Å². The van der Waals surface area contributed by atoms with Crippen molar-refractivity contribution in [3.63, 3.8) is 0 Å². The Morgan fingerprint density at radius 1 is 0.537 bits per heavy atom. The van der Waals surface area contributed by atoms with E-state index in [4.69, 9.17) is 11.3 Å². The lowest BCUT2D eigenvalue weighted by Gasteiger charge is -2.53. The fourth-order valence-electron chi connectivity index (χ4n) is 13.6. The number of ether oxygens (including phenoxy) is 1. The summed E-state index contributed by atoms with van der Waals surface area (Å²) in [6, 6.07) is 36.0. The van der Waals surface area contributed by atoms with Crippen molar-refractivity contribution in [2.75, 3.05) is 9.80 Å². The minimum Gasteiger partial charge on any atom is -0.470 e. The molecule has 6 aliphatic rings. The van der Waals surface area contributed by atoms with E-state index < -0.39 is 0 Å². The molecule has 1 saturated carbocycles. The van der Waals surface area contributed by atoms with Gasteiger partial charge in [0.1, 0.15) is 5.76 Å². The summed E-state index contributed by atoms with van der Waals surface area (Å²) < 4.78 is 7.51. The number of rotatable bonds is 3. The van der Waals surface area contributed by atoms with E-state index in [-0.39, 0.29) is 45.1 Å². The van der Waals surface area contributed by atoms with Crippen molar-refractivity contribution in [1.82, 2.24) is 0 Å². The van der Waals surface area contributed by atoms with E-state index >= 15 is 0 Å². The van der Waals surface area contributed by atoms with E-state index in [0.717, 1.165) is 37.1 Å². The Bertz CT molecular complexity index is 3010. The Labute approximate surface area is 403 Å². The van der Waals surface area contributed by atoms with Crippen LogP contribution in [0.2, 0.25) is 0 Å². The molecule has 3 aliphatic carbocycles. The maximum absolute atomic E-state index is 7.51. The highest BCUT2D eigenvalue weighted by molar-refractivity contribution is 6.94. The van der Waals surface area contributed by atoms with Crippen molar-refractivity contribution in [1.29, 1.82) is 0 Å². The number of hydrogen-bond acceptors (Lipinski definition) is 3. The first-order valence-electron chi connectivity index (χ1n) is 25.5. The number of nitrogens with zero attached hydrogens (tertiary/aromatic N) is 2. The molecule has 4 heteroatoms. The van der Waals surface area contributed by atoms with Crippen LogP contribution < -0.4 is 20.7 Å². The summed E-state index contributed by atoms with van der Waals surface area (Å²) in [6.45, 7) is 38.7. The van der Waals surface area contributed by atoms with Crippen LogP contribution >= 0.6 is 0 Å². The van der Waals surface area contributed by atoms with Gasteiger partial charge in [0.25, 0.3) is 6.71 Å². The maximum Gasteiger partial charge on any atom is 0.296 e. The molecule has 3 nitrogen and oxygen atoms in total. The minimum atomic E-state index is -0.143. The molecule has 0 saturated heterocycles. The highest BCUT2D eigenvalue weighted by Crippen LogP contribution is 2.61. The molecule has 5 aromatic rings. The SMILES string of the molecule is C=C1C=C2C(C3=C(O1)B1c4ccc(C)cc4N(c4cc5c(cc4-c4ccccc4)C(C)(C)CCC5(C)C)c4cc(C)cc(c41)N3c1ccc3c(c1)C(C)(C)CCC3(C)C)C(C)(C)CCC2(C)C. The maximum atomic E-state index is 7.51. The Kier molecular flexibility index (Phi) is 9.53. The van der Waals surface area contributed by atoms with Gasteiger partial charge in [0.2, 0.25) is 0 Å². The topological polar surface area (TPSA) is 15.7 Å². The smallest absolute Gasteiger partial charge is 0.296 e. The van der Waals surface area contributed by atoms with Crippen LogP contribution in [0.25, 0.3) is 11.1 Å². The van der Waals surface area contributed by atoms with Crippen molar-refractivity contribution in [2.24, 2.45) is 16.7 Å².